The number of nitrogens with one attached hydrogen (secondary N) is 1. The minimum absolute atomic E-state index is 0.156. The molecule has 2 aliphatic heterocycles. The first-order valence-electron chi connectivity index (χ1n) is 8.33. The molecular formula is C18H26NO2+. The number of benzene rings is 1. The lowest BCUT2D eigenvalue weighted by molar-refractivity contribution is -0.940. The number of piperidine rings is 2. The second-order valence-corrected chi connectivity index (χ2v) is 6.58. The van der Waals surface area contributed by atoms with Gasteiger partial charge in [0, 0.05) is 5.92 Å². The molecule has 3 nitrogen and oxygen atoms in total. The van der Waals surface area contributed by atoms with Crippen LogP contribution in [0.25, 0.3) is 0 Å². The van der Waals surface area contributed by atoms with Gasteiger partial charge in [0.25, 0.3) is 0 Å². The maximum atomic E-state index is 12.2. The lowest BCUT2D eigenvalue weighted by Crippen LogP contribution is -3.18. The van der Waals surface area contributed by atoms with E-state index in [1.807, 2.05) is 31.2 Å². The van der Waals surface area contributed by atoms with E-state index in [2.05, 4.69) is 0 Å². The molecule has 0 aliphatic carbocycles. The zero-order valence-corrected chi connectivity index (χ0v) is 12.9. The molecule has 2 heterocycles. The molecule has 0 radical (unpaired) electrons. The summed E-state index contributed by atoms with van der Waals surface area (Å²) in [6.07, 6.45) is 6.51. The van der Waals surface area contributed by atoms with Gasteiger partial charge in [-0.05, 0) is 50.7 Å². The van der Waals surface area contributed by atoms with E-state index < -0.39 is 0 Å². The van der Waals surface area contributed by atoms with Crippen molar-refractivity contribution >= 4 is 5.97 Å². The van der Waals surface area contributed by atoms with Gasteiger partial charge in [0.15, 0.2) is 0 Å². The number of fused-ring (bicyclic) bond motifs is 1. The summed E-state index contributed by atoms with van der Waals surface area (Å²) in [6.45, 7) is 5.19. The van der Waals surface area contributed by atoms with Crippen molar-refractivity contribution < 1.29 is 14.4 Å². The Hall–Kier alpha value is -1.35. The van der Waals surface area contributed by atoms with Gasteiger partial charge >= 0.3 is 5.97 Å². The average Bonchev–Trinajstić information content (AvgIpc) is 2.53. The summed E-state index contributed by atoms with van der Waals surface area (Å²) in [7, 11) is 0. The van der Waals surface area contributed by atoms with Crippen LogP contribution in [0.5, 0.6) is 0 Å². The molecule has 1 aromatic rings. The van der Waals surface area contributed by atoms with Gasteiger partial charge in [0.1, 0.15) is 6.61 Å². The van der Waals surface area contributed by atoms with E-state index in [1.165, 1.54) is 45.2 Å². The van der Waals surface area contributed by atoms with Crippen LogP contribution in [-0.2, 0) is 4.74 Å². The fraction of sp³-hybridized carbons (Fsp3) is 0.611. The van der Waals surface area contributed by atoms with Gasteiger partial charge in [0.05, 0.1) is 24.7 Å². The van der Waals surface area contributed by atoms with E-state index >= 15 is 0 Å². The highest BCUT2D eigenvalue weighted by Gasteiger charge is 2.37. The quantitative estimate of drug-likeness (QED) is 0.863. The summed E-state index contributed by atoms with van der Waals surface area (Å²) in [5, 5.41) is 0. The molecule has 0 aromatic heterocycles. The maximum Gasteiger partial charge on any atom is 0.338 e. The Bertz CT molecular complexity index is 498. The van der Waals surface area contributed by atoms with Gasteiger partial charge in [-0.2, -0.15) is 0 Å². The highest BCUT2D eigenvalue weighted by molar-refractivity contribution is 5.90. The van der Waals surface area contributed by atoms with E-state index in [9.17, 15) is 4.79 Å². The predicted molar refractivity (Wildman–Crippen MR) is 82.5 cm³/mol. The highest BCUT2D eigenvalue weighted by atomic mass is 16.5. The number of quaternary nitrogens is 1. The first-order chi connectivity index (χ1) is 10.3. The lowest BCUT2D eigenvalue weighted by Gasteiger charge is -2.41. The number of hydrogen-bond acceptors (Lipinski definition) is 2. The standard InChI is InChI=1S/C18H25NO2/c1-14-7-2-3-9-16(14)18(20)21-13-15-8-6-12-19-11-5-4-10-17(15)19/h2-3,7,9,15,17H,4-6,8,10-13H2,1H3/p+1. The van der Waals surface area contributed by atoms with E-state index in [0.717, 1.165) is 11.6 Å². The summed E-state index contributed by atoms with van der Waals surface area (Å²) in [5.41, 5.74) is 1.71. The molecule has 0 saturated carbocycles. The van der Waals surface area contributed by atoms with Crippen LogP contribution < -0.4 is 4.90 Å². The number of esters is 1. The maximum absolute atomic E-state index is 12.2. The van der Waals surface area contributed by atoms with Gasteiger partial charge in [-0.1, -0.05) is 18.2 Å². The molecule has 2 fully saturated rings. The molecule has 3 heteroatoms. The summed E-state index contributed by atoms with van der Waals surface area (Å²) >= 11 is 0. The first kappa shape index (κ1) is 14.6. The first-order valence-corrected chi connectivity index (χ1v) is 8.33. The summed E-state index contributed by atoms with van der Waals surface area (Å²) < 4.78 is 5.65. The van der Waals surface area contributed by atoms with Crippen molar-refractivity contribution in [3.8, 4) is 0 Å². The Labute approximate surface area is 127 Å². The van der Waals surface area contributed by atoms with Crippen molar-refractivity contribution in [3.05, 3.63) is 35.4 Å². The molecule has 1 N–H and O–H groups in total. The third-order valence-corrected chi connectivity index (χ3v) is 5.22. The number of carbonyl (C=O) groups is 1. The Morgan fingerprint density at radius 3 is 2.86 bits per heavy atom. The fourth-order valence-electron chi connectivity index (χ4n) is 4.04. The normalized spacial score (nSPS) is 28.7. The Kier molecular flexibility index (Phi) is 4.59. The number of carbonyl (C=O) groups excluding carboxylic acids is 1. The summed E-state index contributed by atoms with van der Waals surface area (Å²) in [4.78, 5) is 14.0. The van der Waals surface area contributed by atoms with Crippen LogP contribution in [0.1, 0.15) is 48.0 Å². The molecule has 114 valence electrons. The van der Waals surface area contributed by atoms with Crippen LogP contribution in [0.15, 0.2) is 24.3 Å². The number of hydrogen-bond donors (Lipinski definition) is 1. The molecule has 0 bridgehead atoms. The largest absolute Gasteiger partial charge is 0.462 e. The molecule has 3 rings (SSSR count). The van der Waals surface area contributed by atoms with Crippen molar-refractivity contribution in [2.75, 3.05) is 19.7 Å². The highest BCUT2D eigenvalue weighted by Crippen LogP contribution is 2.21. The molecule has 3 unspecified atom stereocenters. The van der Waals surface area contributed by atoms with E-state index in [-0.39, 0.29) is 5.97 Å². The zero-order valence-electron chi connectivity index (χ0n) is 12.9. The van der Waals surface area contributed by atoms with Gasteiger partial charge in [-0.25, -0.2) is 4.79 Å². The van der Waals surface area contributed by atoms with E-state index in [0.29, 0.717) is 18.1 Å². The monoisotopic (exact) mass is 288 g/mol. The molecular weight excluding hydrogens is 262 g/mol. The number of rotatable bonds is 3. The van der Waals surface area contributed by atoms with Gasteiger partial charge in [0.2, 0.25) is 0 Å². The second-order valence-electron chi connectivity index (χ2n) is 6.58. The van der Waals surface area contributed by atoms with Crippen LogP contribution in [0.2, 0.25) is 0 Å². The molecule has 21 heavy (non-hydrogen) atoms. The molecule has 1 aromatic carbocycles. The third-order valence-electron chi connectivity index (χ3n) is 5.22. The van der Waals surface area contributed by atoms with Crippen molar-refractivity contribution in [2.45, 2.75) is 45.1 Å². The Morgan fingerprint density at radius 1 is 1.19 bits per heavy atom. The minimum Gasteiger partial charge on any atom is -0.462 e. The molecule has 0 amide bonds. The third kappa shape index (κ3) is 3.29. The van der Waals surface area contributed by atoms with Crippen LogP contribution in [0.3, 0.4) is 0 Å². The molecule has 2 aliphatic rings. The summed E-state index contributed by atoms with van der Waals surface area (Å²) in [5.74, 6) is 0.401. The predicted octanol–water partition coefficient (Wildman–Crippen LogP) is 2.00. The van der Waals surface area contributed by atoms with Gasteiger partial charge in [-0.15, -0.1) is 0 Å². The van der Waals surface area contributed by atoms with E-state index in [4.69, 9.17) is 4.74 Å². The van der Waals surface area contributed by atoms with Gasteiger partial charge < -0.3 is 9.64 Å². The second kappa shape index (κ2) is 6.61. The summed E-state index contributed by atoms with van der Waals surface area (Å²) in [6, 6.07) is 8.39. The van der Waals surface area contributed by atoms with Crippen molar-refractivity contribution in [2.24, 2.45) is 5.92 Å². The fourth-order valence-corrected chi connectivity index (χ4v) is 4.04. The van der Waals surface area contributed by atoms with Crippen LogP contribution in [0.4, 0.5) is 0 Å². The number of ether oxygens (including phenoxy) is 1. The van der Waals surface area contributed by atoms with Gasteiger partial charge in [-0.3, -0.25) is 0 Å². The Morgan fingerprint density at radius 2 is 2.00 bits per heavy atom. The van der Waals surface area contributed by atoms with Crippen molar-refractivity contribution in [1.29, 1.82) is 0 Å². The smallest absolute Gasteiger partial charge is 0.338 e. The van der Waals surface area contributed by atoms with Crippen molar-refractivity contribution in [1.82, 2.24) is 0 Å². The molecule has 0 spiro atoms. The van der Waals surface area contributed by atoms with Crippen LogP contribution >= 0.6 is 0 Å². The van der Waals surface area contributed by atoms with Crippen LogP contribution in [-0.4, -0.2) is 31.7 Å². The topological polar surface area (TPSA) is 30.7 Å². The SMILES string of the molecule is Cc1ccccc1C(=O)OCC1CCC[NH+]2CCCCC12. The molecule has 2 saturated heterocycles. The van der Waals surface area contributed by atoms with E-state index in [1.54, 1.807) is 4.90 Å². The number of aryl methyl sites for hydroxylation is 1. The van der Waals surface area contributed by atoms with Crippen LogP contribution in [0, 0.1) is 12.8 Å². The molecule has 3 atom stereocenters. The minimum atomic E-state index is -0.156. The lowest BCUT2D eigenvalue weighted by atomic mass is 9.84. The zero-order chi connectivity index (χ0) is 14.7. The van der Waals surface area contributed by atoms with Crippen molar-refractivity contribution in [3.63, 3.8) is 0 Å². The average molecular weight is 288 g/mol. The Balaban J connectivity index is 1.59.